The van der Waals surface area contributed by atoms with Crippen LogP contribution in [0.1, 0.15) is 72.1 Å². The Hall–Kier alpha value is 0.650. The molecule has 0 rings (SSSR count). The number of hydrogen-bond acceptors (Lipinski definition) is 1. The minimum atomic E-state index is 0. The third-order valence-electron chi connectivity index (χ3n) is 4.03. The van der Waals surface area contributed by atoms with Crippen LogP contribution in [0.25, 0.3) is 0 Å². The number of unbranched alkanes of at least 4 members (excludes halogenated alkanes) is 5. The molecule has 3 heteroatoms. The van der Waals surface area contributed by atoms with E-state index >= 15 is 0 Å². The van der Waals surface area contributed by atoms with Gasteiger partial charge in [-0.3, -0.25) is 0 Å². The third kappa shape index (κ3) is 11.0. The molecule has 2 nitrogen and oxygen atoms in total. The first-order valence-electron chi connectivity index (χ1n) is 8.20. The highest BCUT2D eigenvalue weighted by molar-refractivity contribution is 4.49. The maximum Gasteiger partial charge on any atom is 0.102 e. The minimum absolute atomic E-state index is 0. The molecule has 0 aliphatic heterocycles. The van der Waals surface area contributed by atoms with Crippen molar-refractivity contribution in [2.45, 2.75) is 72.1 Å². The molecule has 0 aromatic rings. The molecule has 0 aromatic heterocycles. The van der Waals surface area contributed by atoms with Crippen molar-refractivity contribution >= 4 is 0 Å². The van der Waals surface area contributed by atoms with E-state index in [-0.39, 0.29) is 24.0 Å². The average molecular weight is 385 g/mol. The predicted molar refractivity (Wildman–Crippen MR) is 80.8 cm³/mol. The maximum atomic E-state index is 9.39. The summed E-state index contributed by atoms with van der Waals surface area (Å²) in [5.74, 6) is 0. The van der Waals surface area contributed by atoms with Crippen LogP contribution in [0.3, 0.4) is 0 Å². The van der Waals surface area contributed by atoms with E-state index in [0.29, 0.717) is 6.61 Å². The van der Waals surface area contributed by atoms with Gasteiger partial charge in [0.15, 0.2) is 0 Å². The van der Waals surface area contributed by atoms with Gasteiger partial charge < -0.3 is 33.6 Å². The number of hydrogen-bond donors (Lipinski definition) is 1. The molecule has 0 bridgehead atoms. The highest BCUT2D eigenvalue weighted by Crippen LogP contribution is 2.15. The molecule has 0 unspecified atom stereocenters. The number of aliphatic hydroxyl groups excluding tert-OH is 1. The van der Waals surface area contributed by atoms with Crippen LogP contribution in [-0.4, -0.2) is 42.4 Å². The molecule has 0 aliphatic rings. The van der Waals surface area contributed by atoms with E-state index < -0.39 is 0 Å². The lowest BCUT2D eigenvalue weighted by Crippen LogP contribution is -3.00. The number of rotatable bonds is 13. The molecule has 0 amide bonds. The molecule has 0 fully saturated rings. The molecular weight excluding hydrogens is 349 g/mol. The standard InChI is InChI=1S/C16H36NO.HI/c1-4-7-10-11-14-17(15-16-18,12-8-5-2)13-9-6-3;/h18H,4-16H2,1-3H3;1H/q+1;/p-1. The molecule has 0 saturated carbocycles. The summed E-state index contributed by atoms with van der Waals surface area (Å²) in [5.41, 5.74) is 0. The first-order chi connectivity index (χ1) is 8.74. The van der Waals surface area contributed by atoms with Gasteiger partial charge in [0.1, 0.15) is 6.54 Å². The normalized spacial score (nSPS) is 11.4. The summed E-state index contributed by atoms with van der Waals surface area (Å²) in [6.45, 7) is 11.9. The van der Waals surface area contributed by atoms with E-state index in [9.17, 15) is 5.11 Å². The van der Waals surface area contributed by atoms with E-state index in [1.165, 1.54) is 75.5 Å². The van der Waals surface area contributed by atoms with Gasteiger partial charge in [-0.1, -0.05) is 46.5 Å². The minimum Gasteiger partial charge on any atom is -1.00 e. The average Bonchev–Trinajstić information content (AvgIpc) is 2.39. The van der Waals surface area contributed by atoms with Crippen LogP contribution in [0.2, 0.25) is 0 Å². The summed E-state index contributed by atoms with van der Waals surface area (Å²) in [6.07, 6.45) is 10.5. The van der Waals surface area contributed by atoms with E-state index in [0.717, 1.165) is 6.54 Å². The zero-order valence-electron chi connectivity index (χ0n) is 13.5. The van der Waals surface area contributed by atoms with Crippen molar-refractivity contribution in [2.75, 3.05) is 32.8 Å². The topological polar surface area (TPSA) is 20.2 Å². The van der Waals surface area contributed by atoms with Crippen LogP contribution in [0.15, 0.2) is 0 Å². The number of quaternary nitrogens is 1. The summed E-state index contributed by atoms with van der Waals surface area (Å²) < 4.78 is 1.17. The molecule has 0 aliphatic carbocycles. The summed E-state index contributed by atoms with van der Waals surface area (Å²) in [5, 5.41) is 9.39. The molecule has 0 aromatic carbocycles. The maximum absolute atomic E-state index is 9.39. The molecule has 1 N–H and O–H groups in total. The second-order valence-electron chi connectivity index (χ2n) is 5.73. The Morgan fingerprint density at radius 1 is 0.632 bits per heavy atom. The highest BCUT2D eigenvalue weighted by Gasteiger charge is 2.24. The predicted octanol–water partition coefficient (Wildman–Crippen LogP) is 0.980. The molecular formula is C16H36INO. The Morgan fingerprint density at radius 2 is 1.11 bits per heavy atom. The highest BCUT2D eigenvalue weighted by atomic mass is 127. The van der Waals surface area contributed by atoms with Gasteiger partial charge in [-0.05, 0) is 25.7 Å². The second-order valence-corrected chi connectivity index (χ2v) is 5.73. The zero-order valence-corrected chi connectivity index (χ0v) is 15.6. The van der Waals surface area contributed by atoms with Gasteiger partial charge in [-0.15, -0.1) is 0 Å². The summed E-state index contributed by atoms with van der Waals surface area (Å²) >= 11 is 0. The van der Waals surface area contributed by atoms with Crippen LogP contribution in [0.4, 0.5) is 0 Å². The van der Waals surface area contributed by atoms with Crippen LogP contribution in [0, 0.1) is 0 Å². The van der Waals surface area contributed by atoms with Gasteiger partial charge in [0.2, 0.25) is 0 Å². The fourth-order valence-electron chi connectivity index (χ4n) is 2.74. The molecule has 19 heavy (non-hydrogen) atoms. The van der Waals surface area contributed by atoms with Gasteiger partial charge >= 0.3 is 0 Å². The Kier molecular flexibility index (Phi) is 17.4. The monoisotopic (exact) mass is 385 g/mol. The molecule has 0 heterocycles. The van der Waals surface area contributed by atoms with Gasteiger partial charge in [0.25, 0.3) is 0 Å². The van der Waals surface area contributed by atoms with Gasteiger partial charge in [0.05, 0.1) is 26.2 Å². The summed E-state index contributed by atoms with van der Waals surface area (Å²) in [6, 6.07) is 0. The Morgan fingerprint density at radius 3 is 1.53 bits per heavy atom. The van der Waals surface area contributed by atoms with Crippen molar-refractivity contribution in [1.29, 1.82) is 0 Å². The van der Waals surface area contributed by atoms with Gasteiger partial charge in [-0.25, -0.2) is 0 Å². The van der Waals surface area contributed by atoms with Crippen molar-refractivity contribution < 1.29 is 33.6 Å². The molecule has 0 saturated heterocycles. The van der Waals surface area contributed by atoms with Crippen LogP contribution in [-0.2, 0) is 0 Å². The Labute approximate surface area is 138 Å². The molecule has 0 spiro atoms. The smallest absolute Gasteiger partial charge is 0.102 e. The van der Waals surface area contributed by atoms with Gasteiger partial charge in [-0.2, -0.15) is 0 Å². The fourth-order valence-corrected chi connectivity index (χ4v) is 2.74. The van der Waals surface area contributed by atoms with Crippen LogP contribution >= 0.6 is 0 Å². The quantitative estimate of drug-likeness (QED) is 0.285. The van der Waals surface area contributed by atoms with Crippen molar-refractivity contribution in [2.24, 2.45) is 0 Å². The summed E-state index contributed by atoms with van der Waals surface area (Å²) in [4.78, 5) is 0. The lowest BCUT2D eigenvalue weighted by atomic mass is 10.1. The van der Waals surface area contributed by atoms with E-state index in [1.807, 2.05) is 0 Å². The first-order valence-corrected chi connectivity index (χ1v) is 8.20. The van der Waals surface area contributed by atoms with Crippen molar-refractivity contribution in [1.82, 2.24) is 0 Å². The SMILES string of the molecule is CCCCCC[N+](CCO)(CCCC)CCCC.[I-]. The van der Waals surface area contributed by atoms with Crippen LogP contribution < -0.4 is 24.0 Å². The van der Waals surface area contributed by atoms with Crippen molar-refractivity contribution in [3.05, 3.63) is 0 Å². The third-order valence-corrected chi connectivity index (χ3v) is 4.03. The van der Waals surface area contributed by atoms with Crippen LogP contribution in [0.5, 0.6) is 0 Å². The zero-order chi connectivity index (χ0) is 13.7. The van der Waals surface area contributed by atoms with Crippen molar-refractivity contribution in [3.63, 3.8) is 0 Å². The largest absolute Gasteiger partial charge is 1.00 e. The lowest BCUT2D eigenvalue weighted by Gasteiger charge is -2.38. The Bertz CT molecular complexity index is 168. The van der Waals surface area contributed by atoms with Gasteiger partial charge in [0, 0.05) is 0 Å². The fraction of sp³-hybridized carbons (Fsp3) is 1.00. The number of nitrogens with zero attached hydrogens (tertiary/aromatic N) is 1. The molecule has 118 valence electrons. The van der Waals surface area contributed by atoms with Crippen molar-refractivity contribution in [3.8, 4) is 0 Å². The summed E-state index contributed by atoms with van der Waals surface area (Å²) in [7, 11) is 0. The van der Waals surface area contributed by atoms with E-state index in [1.54, 1.807) is 0 Å². The second kappa shape index (κ2) is 15.0. The van der Waals surface area contributed by atoms with E-state index in [2.05, 4.69) is 20.8 Å². The first kappa shape index (κ1) is 21.9. The lowest BCUT2D eigenvalue weighted by molar-refractivity contribution is -0.929. The Balaban J connectivity index is 0. The van der Waals surface area contributed by atoms with E-state index in [4.69, 9.17) is 0 Å². The number of halogens is 1. The number of aliphatic hydroxyl groups is 1. The molecule has 0 atom stereocenters. The molecule has 0 radical (unpaired) electrons.